The molecule has 0 unspecified atom stereocenters. The van der Waals surface area contributed by atoms with E-state index in [9.17, 15) is 20.0 Å². The number of fused-ring (bicyclic) bond motifs is 1. The number of nitro benzene ring substituents is 1. The second-order valence-electron chi connectivity index (χ2n) is 5.31. The van der Waals surface area contributed by atoms with Crippen molar-refractivity contribution in [2.45, 2.75) is 18.6 Å². The number of halogens is 1. The standard InChI is InChI=1S/C16H13ClN2O4/c17-12-7-3-6-11(15(12)19(22)23)16(21)18-14-10-5-2-1-4-9(10)8-13(14)20/h1-7,13-14,20H,8H2,(H,18,21)/t13-,14+/m1/s1. The number of hydrogen-bond donors (Lipinski definition) is 2. The van der Waals surface area contributed by atoms with Crippen LogP contribution in [-0.2, 0) is 6.42 Å². The van der Waals surface area contributed by atoms with Crippen LogP contribution in [0.25, 0.3) is 0 Å². The van der Waals surface area contributed by atoms with Crippen LogP contribution in [0.5, 0.6) is 0 Å². The monoisotopic (exact) mass is 332 g/mol. The molecular weight excluding hydrogens is 320 g/mol. The predicted octanol–water partition coefficient (Wildman–Crippen LogP) is 2.64. The van der Waals surface area contributed by atoms with Gasteiger partial charge in [0.15, 0.2) is 0 Å². The zero-order valence-corrected chi connectivity index (χ0v) is 12.7. The second kappa shape index (κ2) is 5.98. The number of aliphatic hydroxyl groups excluding tert-OH is 1. The number of nitrogens with zero attached hydrogens (tertiary/aromatic N) is 1. The van der Waals surface area contributed by atoms with Crippen molar-refractivity contribution in [1.29, 1.82) is 0 Å². The van der Waals surface area contributed by atoms with E-state index in [1.807, 2.05) is 24.3 Å². The van der Waals surface area contributed by atoms with Gasteiger partial charge in [-0.25, -0.2) is 0 Å². The Hall–Kier alpha value is -2.44. The molecule has 2 N–H and O–H groups in total. The van der Waals surface area contributed by atoms with Gasteiger partial charge in [0.05, 0.1) is 17.1 Å². The number of carbonyl (C=O) groups is 1. The highest BCUT2D eigenvalue weighted by molar-refractivity contribution is 6.33. The zero-order chi connectivity index (χ0) is 16.6. The van der Waals surface area contributed by atoms with Crippen LogP contribution in [0, 0.1) is 10.1 Å². The van der Waals surface area contributed by atoms with Crippen molar-refractivity contribution >= 4 is 23.2 Å². The number of aliphatic hydroxyl groups is 1. The molecule has 7 heteroatoms. The normalized spacial score (nSPS) is 19.2. The number of nitro groups is 1. The molecule has 1 amide bonds. The summed E-state index contributed by atoms with van der Waals surface area (Å²) in [6, 6.07) is 11.0. The van der Waals surface area contributed by atoms with Crippen LogP contribution < -0.4 is 5.32 Å². The number of hydrogen-bond acceptors (Lipinski definition) is 4. The first-order chi connectivity index (χ1) is 11.0. The molecule has 118 valence electrons. The molecular formula is C16H13ClN2O4. The van der Waals surface area contributed by atoms with Gasteiger partial charge in [-0.05, 0) is 23.3 Å². The molecule has 0 saturated heterocycles. The van der Waals surface area contributed by atoms with Gasteiger partial charge in [-0.2, -0.15) is 0 Å². The average molecular weight is 333 g/mol. The number of carbonyl (C=O) groups excluding carboxylic acids is 1. The third-order valence-electron chi connectivity index (χ3n) is 3.90. The minimum Gasteiger partial charge on any atom is -0.390 e. The number of amides is 1. The number of nitrogens with one attached hydrogen (secondary N) is 1. The summed E-state index contributed by atoms with van der Waals surface area (Å²) in [7, 11) is 0. The summed E-state index contributed by atoms with van der Waals surface area (Å²) in [5, 5.41) is 23.9. The van der Waals surface area contributed by atoms with E-state index in [0.29, 0.717) is 6.42 Å². The first-order valence-corrected chi connectivity index (χ1v) is 7.36. The molecule has 0 saturated carbocycles. The quantitative estimate of drug-likeness (QED) is 0.667. The Morgan fingerprint density at radius 2 is 2.00 bits per heavy atom. The largest absolute Gasteiger partial charge is 0.390 e. The number of benzene rings is 2. The fraction of sp³-hybridized carbons (Fsp3) is 0.188. The van der Waals surface area contributed by atoms with Gasteiger partial charge in [-0.15, -0.1) is 0 Å². The lowest BCUT2D eigenvalue weighted by Gasteiger charge is -2.18. The first-order valence-electron chi connectivity index (χ1n) is 6.98. The van der Waals surface area contributed by atoms with Gasteiger partial charge in [-0.3, -0.25) is 14.9 Å². The maximum absolute atomic E-state index is 12.4. The van der Waals surface area contributed by atoms with Crippen LogP contribution in [0.2, 0.25) is 5.02 Å². The SMILES string of the molecule is O=C(N[C@H]1c2ccccc2C[C@H]1O)c1cccc(Cl)c1[N+](=O)[O-]. The van der Waals surface area contributed by atoms with Gasteiger partial charge >= 0.3 is 5.69 Å². The third-order valence-corrected chi connectivity index (χ3v) is 4.21. The van der Waals surface area contributed by atoms with Crippen molar-refractivity contribution in [2.24, 2.45) is 0 Å². The van der Waals surface area contributed by atoms with Crippen LogP contribution in [0.3, 0.4) is 0 Å². The molecule has 0 fully saturated rings. The highest BCUT2D eigenvalue weighted by atomic mass is 35.5. The average Bonchev–Trinajstić information content (AvgIpc) is 2.82. The van der Waals surface area contributed by atoms with Gasteiger partial charge < -0.3 is 10.4 Å². The Labute approximate surface area is 136 Å². The molecule has 23 heavy (non-hydrogen) atoms. The van der Waals surface area contributed by atoms with E-state index in [-0.39, 0.29) is 10.6 Å². The second-order valence-corrected chi connectivity index (χ2v) is 5.72. The topological polar surface area (TPSA) is 92.5 Å². The summed E-state index contributed by atoms with van der Waals surface area (Å²) in [5.41, 5.74) is 1.20. The molecule has 1 aliphatic carbocycles. The molecule has 2 aromatic carbocycles. The van der Waals surface area contributed by atoms with E-state index < -0.39 is 28.7 Å². The van der Waals surface area contributed by atoms with E-state index in [0.717, 1.165) is 11.1 Å². The minimum absolute atomic E-state index is 0.102. The zero-order valence-electron chi connectivity index (χ0n) is 11.9. The van der Waals surface area contributed by atoms with Crippen molar-refractivity contribution in [3.8, 4) is 0 Å². The number of rotatable bonds is 3. The molecule has 0 spiro atoms. The van der Waals surface area contributed by atoms with Crippen molar-refractivity contribution in [3.63, 3.8) is 0 Å². The van der Waals surface area contributed by atoms with E-state index >= 15 is 0 Å². The minimum atomic E-state index is -0.769. The molecule has 2 atom stereocenters. The van der Waals surface area contributed by atoms with E-state index in [2.05, 4.69) is 5.32 Å². The maximum atomic E-state index is 12.4. The lowest BCUT2D eigenvalue weighted by atomic mass is 10.1. The molecule has 0 heterocycles. The van der Waals surface area contributed by atoms with Crippen molar-refractivity contribution in [1.82, 2.24) is 5.32 Å². The van der Waals surface area contributed by atoms with Gasteiger partial charge in [0.1, 0.15) is 10.6 Å². The summed E-state index contributed by atoms with van der Waals surface area (Å²) in [5.74, 6) is -0.639. The summed E-state index contributed by atoms with van der Waals surface area (Å²) < 4.78 is 0. The molecule has 0 radical (unpaired) electrons. The fourth-order valence-electron chi connectivity index (χ4n) is 2.85. The Bertz CT molecular complexity index is 793. The van der Waals surface area contributed by atoms with Crippen LogP contribution in [0.1, 0.15) is 27.5 Å². The van der Waals surface area contributed by atoms with Crippen LogP contribution in [-0.4, -0.2) is 22.0 Å². The molecule has 1 aliphatic rings. The highest BCUT2D eigenvalue weighted by Crippen LogP contribution is 2.33. The summed E-state index contributed by atoms with van der Waals surface area (Å²) in [6.07, 6.45) is -0.340. The third kappa shape index (κ3) is 2.78. The van der Waals surface area contributed by atoms with Crippen molar-refractivity contribution in [2.75, 3.05) is 0 Å². The summed E-state index contributed by atoms with van der Waals surface area (Å²) in [6.45, 7) is 0. The predicted molar refractivity (Wildman–Crippen MR) is 84.5 cm³/mol. The Morgan fingerprint density at radius 1 is 1.26 bits per heavy atom. The van der Waals surface area contributed by atoms with Crippen molar-refractivity contribution < 1.29 is 14.8 Å². The Morgan fingerprint density at radius 3 is 2.74 bits per heavy atom. The van der Waals surface area contributed by atoms with Gasteiger partial charge in [-0.1, -0.05) is 41.9 Å². The van der Waals surface area contributed by atoms with Crippen LogP contribution in [0.4, 0.5) is 5.69 Å². The van der Waals surface area contributed by atoms with Gasteiger partial charge in [0.2, 0.25) is 0 Å². The molecule has 0 aromatic heterocycles. The molecule has 0 bridgehead atoms. The van der Waals surface area contributed by atoms with Crippen LogP contribution in [0.15, 0.2) is 42.5 Å². The number of para-hydroxylation sites is 1. The summed E-state index contributed by atoms with van der Waals surface area (Å²) >= 11 is 5.82. The van der Waals surface area contributed by atoms with Gasteiger partial charge in [0.25, 0.3) is 5.91 Å². The Kier molecular flexibility index (Phi) is 4.02. The summed E-state index contributed by atoms with van der Waals surface area (Å²) in [4.78, 5) is 22.9. The van der Waals surface area contributed by atoms with Crippen molar-refractivity contribution in [3.05, 3.63) is 74.3 Å². The smallest absolute Gasteiger partial charge is 0.300 e. The molecule has 0 aliphatic heterocycles. The lowest BCUT2D eigenvalue weighted by Crippen LogP contribution is -2.34. The van der Waals surface area contributed by atoms with Crippen LogP contribution >= 0.6 is 11.6 Å². The van der Waals surface area contributed by atoms with Gasteiger partial charge in [0, 0.05) is 6.42 Å². The molecule has 6 nitrogen and oxygen atoms in total. The fourth-order valence-corrected chi connectivity index (χ4v) is 3.09. The first kappa shape index (κ1) is 15.5. The molecule has 3 rings (SSSR count). The Balaban J connectivity index is 1.92. The lowest BCUT2D eigenvalue weighted by molar-refractivity contribution is -0.385. The molecule has 2 aromatic rings. The van der Waals surface area contributed by atoms with E-state index in [1.54, 1.807) is 0 Å². The highest BCUT2D eigenvalue weighted by Gasteiger charge is 2.33. The van der Waals surface area contributed by atoms with E-state index in [1.165, 1.54) is 18.2 Å². The van der Waals surface area contributed by atoms with E-state index in [4.69, 9.17) is 11.6 Å². The maximum Gasteiger partial charge on any atom is 0.300 e.